The van der Waals surface area contributed by atoms with E-state index < -0.39 is 5.25 Å². The number of hydrogen-bond donors (Lipinski definition) is 1. The number of nitrogens with zero attached hydrogens (tertiary/aromatic N) is 4. The fourth-order valence-corrected chi connectivity index (χ4v) is 3.89. The number of thioether (sulfide) groups is 1. The molecule has 0 saturated carbocycles. The normalized spacial score (nSPS) is 14.8. The Bertz CT molecular complexity index is 837. The van der Waals surface area contributed by atoms with Crippen molar-refractivity contribution >= 4 is 23.7 Å². The lowest BCUT2D eigenvalue weighted by Crippen LogP contribution is -2.39. The maximum Gasteiger partial charge on any atom is 0.324 e. The Morgan fingerprint density at radius 1 is 1.32 bits per heavy atom. The predicted molar refractivity (Wildman–Crippen MR) is 107 cm³/mol. The molecule has 0 unspecified atom stereocenters. The molecule has 1 aromatic heterocycles. The average molecular weight is 404 g/mol. The molecule has 0 spiro atoms. The van der Waals surface area contributed by atoms with Crippen LogP contribution in [-0.2, 0) is 11.3 Å². The van der Waals surface area contributed by atoms with Crippen molar-refractivity contribution in [2.24, 2.45) is 0 Å². The van der Waals surface area contributed by atoms with Gasteiger partial charge in [-0.1, -0.05) is 25.1 Å². The number of urea groups is 1. The Morgan fingerprint density at radius 2 is 2.07 bits per heavy atom. The van der Waals surface area contributed by atoms with E-state index in [0.29, 0.717) is 18.2 Å². The highest BCUT2D eigenvalue weighted by molar-refractivity contribution is 8.00. The molecule has 1 atom stereocenters. The summed E-state index contributed by atoms with van der Waals surface area (Å²) in [6, 6.07) is 7.34. The minimum absolute atomic E-state index is 0.212. The zero-order valence-corrected chi connectivity index (χ0v) is 17.2. The molecule has 8 nitrogen and oxygen atoms in total. The number of aromatic nitrogens is 3. The molecule has 28 heavy (non-hydrogen) atoms. The number of hydrogen-bond acceptors (Lipinski definition) is 6. The van der Waals surface area contributed by atoms with Crippen LogP contribution in [0.15, 0.2) is 29.4 Å². The lowest BCUT2D eigenvalue weighted by molar-refractivity contribution is -0.126. The fourth-order valence-electron chi connectivity index (χ4n) is 2.96. The molecule has 1 N–H and O–H groups in total. The molecule has 0 bridgehead atoms. The molecule has 2 aromatic rings. The van der Waals surface area contributed by atoms with Gasteiger partial charge < -0.3 is 14.6 Å². The van der Waals surface area contributed by atoms with Gasteiger partial charge in [0.2, 0.25) is 5.91 Å². The second kappa shape index (κ2) is 9.09. The van der Waals surface area contributed by atoms with Gasteiger partial charge in [0.05, 0.1) is 12.4 Å². The van der Waals surface area contributed by atoms with Crippen LogP contribution in [-0.4, -0.2) is 57.1 Å². The summed E-state index contributed by atoms with van der Waals surface area (Å²) in [7, 11) is 1.63. The maximum absolute atomic E-state index is 12.6. The fraction of sp³-hybridized carbons (Fsp3) is 0.474. The minimum Gasteiger partial charge on any atom is -0.497 e. The summed E-state index contributed by atoms with van der Waals surface area (Å²) in [5, 5.41) is 11.6. The molecule has 1 aromatic carbocycles. The summed E-state index contributed by atoms with van der Waals surface area (Å²) < 4.78 is 7.27. The Kier molecular flexibility index (Phi) is 6.56. The SMILES string of the molecule is CCCCn1c(S[C@H](C)C(=O)N2CCNC2=O)nnc1-c1ccc(OC)cc1. The lowest BCUT2D eigenvalue weighted by Gasteiger charge is -2.17. The maximum atomic E-state index is 12.6. The largest absolute Gasteiger partial charge is 0.497 e. The molecule has 9 heteroatoms. The monoisotopic (exact) mass is 403 g/mol. The predicted octanol–water partition coefficient (Wildman–Crippen LogP) is 2.79. The van der Waals surface area contributed by atoms with Gasteiger partial charge in [-0.2, -0.15) is 0 Å². The van der Waals surface area contributed by atoms with Crippen molar-refractivity contribution in [1.29, 1.82) is 0 Å². The number of carbonyl (C=O) groups excluding carboxylic acids is 2. The third-order valence-electron chi connectivity index (χ3n) is 4.55. The van der Waals surface area contributed by atoms with E-state index in [-0.39, 0.29) is 11.9 Å². The zero-order valence-electron chi connectivity index (χ0n) is 16.3. The molecule has 0 aliphatic carbocycles. The van der Waals surface area contributed by atoms with Gasteiger partial charge in [0.1, 0.15) is 5.75 Å². The van der Waals surface area contributed by atoms with E-state index >= 15 is 0 Å². The van der Waals surface area contributed by atoms with Crippen molar-refractivity contribution in [3.05, 3.63) is 24.3 Å². The standard InChI is InChI=1S/C19H25N5O3S/c1-4-5-11-23-16(14-6-8-15(27-3)9-7-14)21-22-19(23)28-13(2)17(25)24-12-10-20-18(24)26/h6-9,13H,4-5,10-12H2,1-3H3,(H,20,26)/t13-/m1/s1. The van der Waals surface area contributed by atoms with Crippen molar-refractivity contribution in [2.75, 3.05) is 20.2 Å². The number of imide groups is 1. The number of nitrogens with one attached hydrogen (secondary N) is 1. The van der Waals surface area contributed by atoms with Gasteiger partial charge in [0, 0.05) is 25.2 Å². The van der Waals surface area contributed by atoms with Crippen molar-refractivity contribution in [2.45, 2.75) is 43.6 Å². The highest BCUT2D eigenvalue weighted by Crippen LogP contribution is 2.29. The Labute approximate surface area is 168 Å². The summed E-state index contributed by atoms with van der Waals surface area (Å²) >= 11 is 1.33. The number of carbonyl (C=O) groups is 2. The first-order valence-corrected chi connectivity index (χ1v) is 10.3. The molecular weight excluding hydrogens is 378 g/mol. The Hall–Kier alpha value is -2.55. The number of benzene rings is 1. The summed E-state index contributed by atoms with van der Waals surface area (Å²) in [4.78, 5) is 25.6. The van der Waals surface area contributed by atoms with Crippen LogP contribution in [0.5, 0.6) is 5.75 Å². The molecule has 0 radical (unpaired) electrons. The van der Waals surface area contributed by atoms with E-state index in [0.717, 1.165) is 36.5 Å². The van der Waals surface area contributed by atoms with Crippen molar-refractivity contribution < 1.29 is 14.3 Å². The van der Waals surface area contributed by atoms with E-state index in [1.165, 1.54) is 16.7 Å². The molecular formula is C19H25N5O3S. The van der Waals surface area contributed by atoms with Crippen LogP contribution in [0.3, 0.4) is 0 Å². The molecule has 1 saturated heterocycles. The second-order valence-electron chi connectivity index (χ2n) is 6.52. The van der Waals surface area contributed by atoms with Gasteiger partial charge in [-0.25, -0.2) is 4.79 Å². The van der Waals surface area contributed by atoms with Crippen molar-refractivity contribution in [3.8, 4) is 17.1 Å². The molecule has 3 amide bonds. The van der Waals surface area contributed by atoms with Crippen molar-refractivity contribution in [1.82, 2.24) is 25.0 Å². The first kappa shape index (κ1) is 20.2. The van der Waals surface area contributed by atoms with Crippen LogP contribution < -0.4 is 10.1 Å². The summed E-state index contributed by atoms with van der Waals surface area (Å²) in [6.07, 6.45) is 2.01. The van der Waals surface area contributed by atoms with E-state index in [4.69, 9.17) is 4.74 Å². The second-order valence-corrected chi connectivity index (χ2v) is 7.83. The van der Waals surface area contributed by atoms with Crippen LogP contribution in [0.4, 0.5) is 4.79 Å². The lowest BCUT2D eigenvalue weighted by atomic mass is 10.2. The third kappa shape index (κ3) is 4.30. The van der Waals surface area contributed by atoms with Gasteiger partial charge in [-0.05, 0) is 37.6 Å². The minimum atomic E-state index is -0.433. The molecule has 1 aliphatic rings. The van der Waals surface area contributed by atoms with Crippen LogP contribution in [0, 0.1) is 0 Å². The van der Waals surface area contributed by atoms with Crippen molar-refractivity contribution in [3.63, 3.8) is 0 Å². The number of rotatable bonds is 8. The smallest absolute Gasteiger partial charge is 0.324 e. The van der Waals surface area contributed by atoms with E-state index in [1.54, 1.807) is 14.0 Å². The highest BCUT2D eigenvalue weighted by atomic mass is 32.2. The molecule has 3 rings (SSSR count). The molecule has 1 fully saturated rings. The molecule has 1 aliphatic heterocycles. The van der Waals surface area contributed by atoms with Gasteiger partial charge in [0.25, 0.3) is 0 Å². The number of unbranched alkanes of at least 4 members (excludes halogenated alkanes) is 1. The average Bonchev–Trinajstić information content (AvgIpc) is 3.31. The zero-order chi connectivity index (χ0) is 20.1. The van der Waals surface area contributed by atoms with Crippen LogP contribution in [0.25, 0.3) is 11.4 Å². The van der Waals surface area contributed by atoms with E-state index in [1.807, 2.05) is 28.8 Å². The number of amides is 3. The first-order chi connectivity index (χ1) is 13.5. The molecule has 2 heterocycles. The Balaban J connectivity index is 1.82. The first-order valence-electron chi connectivity index (χ1n) is 9.38. The van der Waals surface area contributed by atoms with Gasteiger partial charge in [-0.3, -0.25) is 9.69 Å². The topological polar surface area (TPSA) is 89.4 Å². The van der Waals surface area contributed by atoms with Gasteiger partial charge in [-0.15, -0.1) is 10.2 Å². The summed E-state index contributed by atoms with van der Waals surface area (Å²) in [5.74, 6) is 1.33. The summed E-state index contributed by atoms with van der Waals surface area (Å²) in [6.45, 7) is 5.59. The quantitative estimate of drug-likeness (QED) is 0.682. The molecule has 150 valence electrons. The highest BCUT2D eigenvalue weighted by Gasteiger charge is 2.31. The Morgan fingerprint density at radius 3 is 2.68 bits per heavy atom. The van der Waals surface area contributed by atoms with Crippen LogP contribution >= 0.6 is 11.8 Å². The van der Waals surface area contributed by atoms with Gasteiger partial charge >= 0.3 is 6.03 Å². The van der Waals surface area contributed by atoms with Crippen LogP contribution in [0.2, 0.25) is 0 Å². The van der Waals surface area contributed by atoms with Gasteiger partial charge in [0.15, 0.2) is 11.0 Å². The number of ether oxygens (including phenoxy) is 1. The van der Waals surface area contributed by atoms with Crippen LogP contribution in [0.1, 0.15) is 26.7 Å². The summed E-state index contributed by atoms with van der Waals surface area (Å²) in [5.41, 5.74) is 0.939. The van der Waals surface area contributed by atoms with E-state index in [2.05, 4.69) is 22.4 Å². The number of methoxy groups -OCH3 is 1. The third-order valence-corrected chi connectivity index (χ3v) is 5.62. The van der Waals surface area contributed by atoms with E-state index in [9.17, 15) is 9.59 Å².